The molecule has 0 aromatic carbocycles. The molecular formula is C15H30N2. The first-order valence-electron chi connectivity index (χ1n) is 7.44. The molecule has 3 atom stereocenters. The molecule has 0 amide bonds. The zero-order chi connectivity index (χ0) is 12.5. The van der Waals surface area contributed by atoms with Crippen molar-refractivity contribution in [1.29, 1.82) is 0 Å². The Labute approximate surface area is 107 Å². The van der Waals surface area contributed by atoms with E-state index >= 15 is 0 Å². The first-order chi connectivity index (χ1) is 7.96. The second-order valence-corrected chi connectivity index (χ2v) is 7.26. The molecular weight excluding hydrogens is 208 g/mol. The van der Waals surface area contributed by atoms with E-state index < -0.39 is 0 Å². The molecule has 2 nitrogen and oxygen atoms in total. The molecule has 0 aromatic heterocycles. The summed E-state index contributed by atoms with van der Waals surface area (Å²) in [6.45, 7) is 13.4. The standard InChI is InChI=1S/C15H30N2/c1-12-10-16-13(2)6-8-17(11-12)14-5-7-15(3,4)9-14/h12-14,16H,5-11H2,1-4H3. The van der Waals surface area contributed by atoms with Crippen LogP contribution in [0, 0.1) is 11.3 Å². The summed E-state index contributed by atoms with van der Waals surface area (Å²) in [6.07, 6.45) is 5.54. The highest BCUT2D eigenvalue weighted by atomic mass is 15.2. The predicted octanol–water partition coefficient (Wildman–Crippen LogP) is 2.89. The lowest BCUT2D eigenvalue weighted by molar-refractivity contribution is 0.141. The summed E-state index contributed by atoms with van der Waals surface area (Å²) in [5.41, 5.74) is 0.583. The van der Waals surface area contributed by atoms with Crippen LogP contribution >= 0.6 is 0 Å². The van der Waals surface area contributed by atoms with Crippen molar-refractivity contribution < 1.29 is 0 Å². The quantitative estimate of drug-likeness (QED) is 0.755. The van der Waals surface area contributed by atoms with E-state index in [0.29, 0.717) is 11.5 Å². The topological polar surface area (TPSA) is 15.3 Å². The van der Waals surface area contributed by atoms with Gasteiger partial charge in [-0.3, -0.25) is 4.90 Å². The van der Waals surface area contributed by atoms with Gasteiger partial charge in [-0.1, -0.05) is 20.8 Å². The Morgan fingerprint density at radius 3 is 2.59 bits per heavy atom. The first kappa shape index (κ1) is 13.4. The van der Waals surface area contributed by atoms with Gasteiger partial charge in [0.2, 0.25) is 0 Å². The number of nitrogens with one attached hydrogen (secondary N) is 1. The molecule has 1 heterocycles. The molecule has 2 fully saturated rings. The molecule has 2 aliphatic rings. The average molecular weight is 238 g/mol. The second kappa shape index (κ2) is 5.27. The molecule has 1 saturated heterocycles. The van der Waals surface area contributed by atoms with Gasteiger partial charge < -0.3 is 5.32 Å². The number of nitrogens with zero attached hydrogens (tertiary/aromatic N) is 1. The van der Waals surface area contributed by atoms with Crippen molar-refractivity contribution >= 4 is 0 Å². The Balaban J connectivity index is 1.94. The summed E-state index contributed by atoms with van der Waals surface area (Å²) in [5.74, 6) is 0.793. The maximum Gasteiger partial charge on any atom is 0.0101 e. The van der Waals surface area contributed by atoms with Gasteiger partial charge in [0.1, 0.15) is 0 Å². The third-order valence-corrected chi connectivity index (χ3v) is 4.67. The lowest BCUT2D eigenvalue weighted by Crippen LogP contribution is -2.46. The maximum absolute atomic E-state index is 3.63. The predicted molar refractivity (Wildman–Crippen MR) is 74.2 cm³/mol. The molecule has 1 aliphatic heterocycles. The van der Waals surface area contributed by atoms with Crippen LogP contribution in [0.1, 0.15) is 53.4 Å². The molecule has 0 bridgehead atoms. The van der Waals surface area contributed by atoms with Crippen molar-refractivity contribution in [3.05, 3.63) is 0 Å². The molecule has 3 unspecified atom stereocenters. The molecule has 0 aromatic rings. The summed E-state index contributed by atoms with van der Waals surface area (Å²) < 4.78 is 0. The molecule has 2 heteroatoms. The molecule has 0 spiro atoms. The largest absolute Gasteiger partial charge is 0.314 e. The van der Waals surface area contributed by atoms with E-state index in [-0.39, 0.29) is 0 Å². The average Bonchev–Trinajstić information content (AvgIpc) is 2.59. The molecule has 0 radical (unpaired) electrons. The van der Waals surface area contributed by atoms with Crippen LogP contribution in [0.4, 0.5) is 0 Å². The fourth-order valence-electron chi connectivity index (χ4n) is 3.46. The minimum absolute atomic E-state index is 0.583. The number of hydrogen-bond donors (Lipinski definition) is 1. The van der Waals surface area contributed by atoms with Crippen LogP contribution in [0.2, 0.25) is 0 Å². The van der Waals surface area contributed by atoms with Gasteiger partial charge in [0.15, 0.2) is 0 Å². The van der Waals surface area contributed by atoms with Crippen LogP contribution in [0.25, 0.3) is 0 Å². The first-order valence-corrected chi connectivity index (χ1v) is 7.44. The monoisotopic (exact) mass is 238 g/mol. The zero-order valence-corrected chi connectivity index (χ0v) is 12.1. The van der Waals surface area contributed by atoms with Crippen LogP contribution in [-0.4, -0.2) is 36.6 Å². The Bertz CT molecular complexity index is 249. The van der Waals surface area contributed by atoms with Crippen molar-refractivity contribution in [3.63, 3.8) is 0 Å². The third-order valence-electron chi connectivity index (χ3n) is 4.67. The van der Waals surface area contributed by atoms with Gasteiger partial charge in [-0.25, -0.2) is 0 Å². The maximum atomic E-state index is 3.63. The Kier molecular flexibility index (Phi) is 4.14. The van der Waals surface area contributed by atoms with E-state index in [9.17, 15) is 0 Å². The van der Waals surface area contributed by atoms with Crippen LogP contribution in [0.5, 0.6) is 0 Å². The zero-order valence-electron chi connectivity index (χ0n) is 12.1. The fourth-order valence-corrected chi connectivity index (χ4v) is 3.46. The van der Waals surface area contributed by atoms with Gasteiger partial charge >= 0.3 is 0 Å². The van der Waals surface area contributed by atoms with E-state index in [0.717, 1.165) is 12.0 Å². The van der Waals surface area contributed by atoms with E-state index in [1.54, 1.807) is 0 Å². The lowest BCUT2D eigenvalue weighted by Gasteiger charge is -2.35. The van der Waals surface area contributed by atoms with E-state index in [4.69, 9.17) is 0 Å². The van der Waals surface area contributed by atoms with Crippen LogP contribution < -0.4 is 5.32 Å². The summed E-state index contributed by atoms with van der Waals surface area (Å²) in [4.78, 5) is 2.79. The highest BCUT2D eigenvalue weighted by molar-refractivity contribution is 4.89. The lowest BCUT2D eigenvalue weighted by atomic mass is 9.91. The Morgan fingerprint density at radius 2 is 1.94 bits per heavy atom. The van der Waals surface area contributed by atoms with E-state index in [1.807, 2.05) is 0 Å². The minimum atomic E-state index is 0.583. The van der Waals surface area contributed by atoms with Crippen molar-refractivity contribution in [3.8, 4) is 0 Å². The SMILES string of the molecule is CC1CNC(C)CCN(C2CCC(C)(C)C2)C1. The van der Waals surface area contributed by atoms with Gasteiger partial charge in [-0.05, 0) is 57.0 Å². The molecule has 1 N–H and O–H groups in total. The van der Waals surface area contributed by atoms with Gasteiger partial charge in [0.05, 0.1) is 0 Å². The van der Waals surface area contributed by atoms with Gasteiger partial charge in [-0.15, -0.1) is 0 Å². The highest BCUT2D eigenvalue weighted by Crippen LogP contribution is 2.39. The summed E-state index contributed by atoms with van der Waals surface area (Å²) in [6, 6.07) is 1.55. The van der Waals surface area contributed by atoms with Crippen LogP contribution in [0.3, 0.4) is 0 Å². The molecule has 17 heavy (non-hydrogen) atoms. The highest BCUT2D eigenvalue weighted by Gasteiger charge is 2.34. The van der Waals surface area contributed by atoms with E-state index in [1.165, 1.54) is 45.3 Å². The third kappa shape index (κ3) is 3.69. The minimum Gasteiger partial charge on any atom is -0.314 e. The van der Waals surface area contributed by atoms with Gasteiger partial charge in [-0.2, -0.15) is 0 Å². The summed E-state index contributed by atoms with van der Waals surface area (Å²) in [5, 5.41) is 3.63. The fraction of sp³-hybridized carbons (Fsp3) is 1.00. The summed E-state index contributed by atoms with van der Waals surface area (Å²) in [7, 11) is 0. The molecule has 1 aliphatic carbocycles. The van der Waals surface area contributed by atoms with Crippen molar-refractivity contribution in [2.45, 2.75) is 65.5 Å². The Hall–Kier alpha value is -0.0800. The molecule has 100 valence electrons. The van der Waals surface area contributed by atoms with E-state index in [2.05, 4.69) is 37.9 Å². The van der Waals surface area contributed by atoms with Crippen molar-refractivity contribution in [1.82, 2.24) is 10.2 Å². The second-order valence-electron chi connectivity index (χ2n) is 7.26. The van der Waals surface area contributed by atoms with Gasteiger partial charge in [0.25, 0.3) is 0 Å². The molecule has 1 saturated carbocycles. The smallest absolute Gasteiger partial charge is 0.0101 e. The van der Waals surface area contributed by atoms with Crippen LogP contribution in [0.15, 0.2) is 0 Å². The summed E-state index contributed by atoms with van der Waals surface area (Å²) >= 11 is 0. The molecule has 2 rings (SSSR count). The number of hydrogen-bond acceptors (Lipinski definition) is 2. The normalized spacial score (nSPS) is 39.9. The number of rotatable bonds is 1. The Morgan fingerprint density at radius 1 is 1.18 bits per heavy atom. The van der Waals surface area contributed by atoms with Crippen molar-refractivity contribution in [2.24, 2.45) is 11.3 Å². The van der Waals surface area contributed by atoms with Crippen molar-refractivity contribution in [2.75, 3.05) is 19.6 Å². The van der Waals surface area contributed by atoms with Gasteiger partial charge in [0, 0.05) is 18.6 Å². The van der Waals surface area contributed by atoms with Crippen LogP contribution in [-0.2, 0) is 0 Å².